The number of amides is 1. The Kier molecular flexibility index (Phi) is 2.96. The van der Waals surface area contributed by atoms with Gasteiger partial charge in [0.25, 0.3) is 0 Å². The van der Waals surface area contributed by atoms with Crippen LogP contribution in [0.15, 0.2) is 28.7 Å². The highest BCUT2D eigenvalue weighted by atomic mass is 79.9. The molecular formula is C11H10BrNO3. The van der Waals surface area contributed by atoms with Crippen molar-refractivity contribution in [2.45, 2.75) is 12.5 Å². The summed E-state index contributed by atoms with van der Waals surface area (Å²) in [5.41, 5.74) is 0.965. The van der Waals surface area contributed by atoms with E-state index >= 15 is 0 Å². The number of carboxylic acid groups (broad SMARTS) is 1. The van der Waals surface area contributed by atoms with Gasteiger partial charge in [-0.05, 0) is 17.7 Å². The van der Waals surface area contributed by atoms with E-state index in [2.05, 4.69) is 15.9 Å². The molecule has 84 valence electrons. The van der Waals surface area contributed by atoms with E-state index in [-0.39, 0.29) is 12.3 Å². The Labute approximate surface area is 101 Å². The zero-order valence-electron chi connectivity index (χ0n) is 8.39. The lowest BCUT2D eigenvalue weighted by atomic mass is 9.94. The van der Waals surface area contributed by atoms with E-state index in [0.29, 0.717) is 6.42 Å². The van der Waals surface area contributed by atoms with Gasteiger partial charge in [-0.3, -0.25) is 9.69 Å². The fourth-order valence-corrected chi connectivity index (χ4v) is 1.98. The molecule has 1 fully saturated rings. The van der Waals surface area contributed by atoms with Crippen molar-refractivity contribution in [3.8, 4) is 0 Å². The van der Waals surface area contributed by atoms with Gasteiger partial charge < -0.3 is 5.11 Å². The van der Waals surface area contributed by atoms with Crippen molar-refractivity contribution in [1.29, 1.82) is 0 Å². The molecule has 1 aromatic carbocycles. The normalized spacial score (nSPS) is 19.4. The highest BCUT2D eigenvalue weighted by Gasteiger charge is 2.40. The summed E-state index contributed by atoms with van der Waals surface area (Å²) in [6, 6.07) is 7.03. The summed E-state index contributed by atoms with van der Waals surface area (Å²) in [5.74, 6) is -0.00896. The number of likely N-dealkylation sites (tertiary alicyclic amines) is 1. The average molecular weight is 284 g/mol. The van der Waals surface area contributed by atoms with Crippen LogP contribution in [0.4, 0.5) is 4.79 Å². The molecular weight excluding hydrogens is 274 g/mol. The fourth-order valence-electron chi connectivity index (χ4n) is 1.71. The molecule has 1 heterocycles. The Morgan fingerprint density at radius 2 is 2.06 bits per heavy atom. The van der Waals surface area contributed by atoms with Crippen molar-refractivity contribution in [2.75, 3.05) is 6.54 Å². The first-order valence-electron chi connectivity index (χ1n) is 4.84. The maximum absolute atomic E-state index is 11.3. The number of benzene rings is 1. The fraction of sp³-hybridized carbons (Fsp3) is 0.273. The van der Waals surface area contributed by atoms with Crippen LogP contribution in [-0.2, 0) is 11.2 Å². The average Bonchev–Trinajstić information content (AvgIpc) is 2.24. The van der Waals surface area contributed by atoms with Gasteiger partial charge in [0, 0.05) is 10.9 Å². The van der Waals surface area contributed by atoms with E-state index in [1.54, 1.807) is 0 Å². The Hall–Kier alpha value is -1.36. The summed E-state index contributed by atoms with van der Waals surface area (Å²) < 4.78 is 0.964. The second-order valence-corrected chi connectivity index (χ2v) is 4.64. The third-order valence-electron chi connectivity index (χ3n) is 2.66. The monoisotopic (exact) mass is 283 g/mol. The van der Waals surface area contributed by atoms with Gasteiger partial charge in [0.05, 0.1) is 6.54 Å². The number of Topliss-reactive ketones (excluding diaryl/α,β-unsaturated/α-hetero) is 1. The van der Waals surface area contributed by atoms with Crippen LogP contribution in [0.2, 0.25) is 0 Å². The number of hydrogen-bond donors (Lipinski definition) is 1. The first-order chi connectivity index (χ1) is 7.58. The number of ketones is 1. The minimum Gasteiger partial charge on any atom is -0.465 e. The summed E-state index contributed by atoms with van der Waals surface area (Å²) in [4.78, 5) is 23.2. The molecule has 4 nitrogen and oxygen atoms in total. The second-order valence-electron chi connectivity index (χ2n) is 3.72. The molecule has 1 atom stereocenters. The Bertz CT molecular complexity index is 429. The molecule has 1 N–H and O–H groups in total. The lowest BCUT2D eigenvalue weighted by Crippen LogP contribution is -2.59. The molecule has 1 unspecified atom stereocenters. The summed E-state index contributed by atoms with van der Waals surface area (Å²) in [6.07, 6.45) is -0.569. The molecule has 0 spiro atoms. The van der Waals surface area contributed by atoms with Crippen molar-refractivity contribution in [3.63, 3.8) is 0 Å². The Balaban J connectivity index is 2.06. The minimum absolute atomic E-state index is 0.00896. The lowest BCUT2D eigenvalue weighted by molar-refractivity contribution is -0.133. The largest absolute Gasteiger partial charge is 0.465 e. The first-order valence-corrected chi connectivity index (χ1v) is 5.64. The van der Waals surface area contributed by atoms with Crippen molar-refractivity contribution in [1.82, 2.24) is 4.90 Å². The van der Waals surface area contributed by atoms with Crippen LogP contribution in [0.1, 0.15) is 5.56 Å². The summed E-state index contributed by atoms with van der Waals surface area (Å²) >= 11 is 3.32. The highest BCUT2D eigenvalue weighted by Crippen LogP contribution is 2.19. The molecule has 1 saturated heterocycles. The summed E-state index contributed by atoms with van der Waals surface area (Å²) in [6.45, 7) is 0.0243. The molecule has 0 bridgehead atoms. The van der Waals surface area contributed by atoms with E-state index in [4.69, 9.17) is 5.11 Å². The van der Waals surface area contributed by atoms with Gasteiger partial charge in [-0.15, -0.1) is 0 Å². The van der Waals surface area contributed by atoms with Gasteiger partial charge in [-0.2, -0.15) is 0 Å². The molecule has 1 amide bonds. The van der Waals surface area contributed by atoms with Crippen LogP contribution in [0, 0.1) is 0 Å². The summed E-state index contributed by atoms with van der Waals surface area (Å²) in [7, 11) is 0. The van der Waals surface area contributed by atoms with Crippen LogP contribution in [-0.4, -0.2) is 34.5 Å². The predicted molar refractivity (Wildman–Crippen MR) is 61.4 cm³/mol. The molecule has 0 aliphatic carbocycles. The molecule has 0 aromatic heterocycles. The number of carbonyl (C=O) groups is 2. The zero-order chi connectivity index (χ0) is 11.7. The van der Waals surface area contributed by atoms with Gasteiger partial charge in [0.1, 0.15) is 6.04 Å². The number of halogens is 1. The molecule has 1 aliphatic heterocycles. The van der Waals surface area contributed by atoms with E-state index in [0.717, 1.165) is 10.0 Å². The van der Waals surface area contributed by atoms with E-state index < -0.39 is 12.1 Å². The van der Waals surface area contributed by atoms with Crippen LogP contribution >= 0.6 is 15.9 Å². The minimum atomic E-state index is -1.03. The third-order valence-corrected chi connectivity index (χ3v) is 3.19. The Morgan fingerprint density at radius 1 is 1.44 bits per heavy atom. The van der Waals surface area contributed by atoms with Gasteiger partial charge in [0.15, 0.2) is 5.78 Å². The quantitative estimate of drug-likeness (QED) is 0.902. The van der Waals surface area contributed by atoms with Crippen LogP contribution in [0.3, 0.4) is 0 Å². The molecule has 1 aliphatic rings. The zero-order valence-corrected chi connectivity index (χ0v) is 9.98. The van der Waals surface area contributed by atoms with Crippen LogP contribution in [0.25, 0.3) is 0 Å². The van der Waals surface area contributed by atoms with Crippen LogP contribution in [0.5, 0.6) is 0 Å². The number of nitrogens with zero attached hydrogens (tertiary/aromatic N) is 1. The molecule has 0 radical (unpaired) electrons. The van der Waals surface area contributed by atoms with E-state index in [1.807, 2.05) is 24.3 Å². The molecule has 5 heteroatoms. The lowest BCUT2D eigenvalue weighted by Gasteiger charge is -2.36. The predicted octanol–water partition coefficient (Wildman–Crippen LogP) is 1.92. The third kappa shape index (κ3) is 2.09. The van der Waals surface area contributed by atoms with E-state index in [9.17, 15) is 9.59 Å². The van der Waals surface area contributed by atoms with Gasteiger partial charge in [-0.25, -0.2) is 4.79 Å². The second kappa shape index (κ2) is 4.25. The molecule has 2 rings (SSSR count). The van der Waals surface area contributed by atoms with Crippen LogP contribution < -0.4 is 0 Å². The standard InChI is InChI=1S/C11H10BrNO3/c12-8-3-1-7(2-4-8)5-9-10(14)6-13(9)11(15)16/h1-4,9H,5-6H2,(H,15,16). The Morgan fingerprint density at radius 3 is 2.56 bits per heavy atom. The summed E-state index contributed by atoms with van der Waals surface area (Å²) in [5, 5.41) is 8.81. The van der Waals surface area contributed by atoms with Gasteiger partial charge in [0.2, 0.25) is 0 Å². The van der Waals surface area contributed by atoms with Crippen molar-refractivity contribution < 1.29 is 14.7 Å². The van der Waals surface area contributed by atoms with E-state index in [1.165, 1.54) is 4.90 Å². The van der Waals surface area contributed by atoms with Crippen molar-refractivity contribution in [3.05, 3.63) is 34.3 Å². The van der Waals surface area contributed by atoms with Crippen molar-refractivity contribution >= 4 is 27.8 Å². The molecule has 16 heavy (non-hydrogen) atoms. The maximum atomic E-state index is 11.3. The number of hydrogen-bond acceptors (Lipinski definition) is 2. The van der Waals surface area contributed by atoms with Gasteiger partial charge >= 0.3 is 6.09 Å². The first kappa shape index (κ1) is 11.1. The maximum Gasteiger partial charge on any atom is 0.408 e. The number of carbonyl (C=O) groups excluding carboxylic acids is 1. The SMILES string of the molecule is O=C1CN(C(=O)O)C1Cc1ccc(Br)cc1. The smallest absolute Gasteiger partial charge is 0.408 e. The topological polar surface area (TPSA) is 57.6 Å². The highest BCUT2D eigenvalue weighted by molar-refractivity contribution is 9.10. The molecule has 0 saturated carbocycles. The van der Waals surface area contributed by atoms with Gasteiger partial charge in [-0.1, -0.05) is 28.1 Å². The molecule has 1 aromatic rings. The number of rotatable bonds is 2. The van der Waals surface area contributed by atoms with Crippen molar-refractivity contribution in [2.24, 2.45) is 0 Å².